The third-order valence-electron chi connectivity index (χ3n) is 3.08. The molecule has 5 nitrogen and oxygen atoms in total. The smallest absolute Gasteiger partial charge is 0.254 e. The molecule has 0 aliphatic rings. The molecule has 1 aromatic carbocycles. The van der Waals surface area contributed by atoms with Crippen molar-refractivity contribution < 1.29 is 9.59 Å². The van der Waals surface area contributed by atoms with Crippen LogP contribution in [0.4, 0.5) is 5.69 Å². The van der Waals surface area contributed by atoms with Crippen molar-refractivity contribution in [3.05, 3.63) is 28.2 Å². The molecule has 0 fully saturated rings. The lowest BCUT2D eigenvalue weighted by molar-refractivity contribution is -0.131. The summed E-state index contributed by atoms with van der Waals surface area (Å²) >= 11 is 3.28. The second kappa shape index (κ2) is 7.28. The number of nitrogen functional groups attached to an aromatic ring is 1. The van der Waals surface area contributed by atoms with Crippen LogP contribution < -0.4 is 5.73 Å². The van der Waals surface area contributed by atoms with E-state index < -0.39 is 0 Å². The van der Waals surface area contributed by atoms with Crippen LogP contribution in [0.2, 0.25) is 0 Å². The number of hydrogen-bond donors (Lipinski definition) is 1. The topological polar surface area (TPSA) is 66.6 Å². The Balaban J connectivity index is 2.76. The average molecular weight is 342 g/mol. The number of nitrogens with two attached hydrogens (primary N) is 1. The summed E-state index contributed by atoms with van der Waals surface area (Å²) in [5.41, 5.74) is 6.73. The molecule has 1 rings (SSSR count). The van der Waals surface area contributed by atoms with Gasteiger partial charge >= 0.3 is 0 Å². The van der Waals surface area contributed by atoms with Crippen molar-refractivity contribution in [2.24, 2.45) is 0 Å². The van der Waals surface area contributed by atoms with E-state index >= 15 is 0 Å². The molecule has 0 aromatic heterocycles. The summed E-state index contributed by atoms with van der Waals surface area (Å²) in [7, 11) is 1.61. The molecule has 6 heteroatoms. The van der Waals surface area contributed by atoms with Crippen molar-refractivity contribution in [2.75, 3.05) is 32.4 Å². The zero-order chi connectivity index (χ0) is 15.3. The molecule has 0 aliphatic heterocycles. The van der Waals surface area contributed by atoms with E-state index in [0.29, 0.717) is 24.3 Å². The van der Waals surface area contributed by atoms with Crippen LogP contribution in [0.25, 0.3) is 0 Å². The van der Waals surface area contributed by atoms with E-state index in [1.54, 1.807) is 30.1 Å². The second-order valence-electron chi connectivity index (χ2n) is 4.46. The van der Waals surface area contributed by atoms with Crippen LogP contribution in [0.5, 0.6) is 0 Å². The van der Waals surface area contributed by atoms with Gasteiger partial charge in [-0.05, 0) is 48.0 Å². The van der Waals surface area contributed by atoms with Gasteiger partial charge in [0.05, 0.1) is 6.54 Å². The number of hydrogen-bond acceptors (Lipinski definition) is 3. The van der Waals surface area contributed by atoms with Gasteiger partial charge in [-0.1, -0.05) is 0 Å². The van der Waals surface area contributed by atoms with Crippen molar-refractivity contribution in [2.45, 2.75) is 13.8 Å². The molecule has 0 saturated heterocycles. The van der Waals surface area contributed by atoms with Crippen LogP contribution in [-0.2, 0) is 4.79 Å². The Kier molecular flexibility index (Phi) is 6.01. The normalized spacial score (nSPS) is 10.2. The molecule has 0 bridgehead atoms. The van der Waals surface area contributed by atoms with Crippen LogP contribution in [0.15, 0.2) is 22.7 Å². The van der Waals surface area contributed by atoms with Crippen molar-refractivity contribution in [1.29, 1.82) is 0 Å². The van der Waals surface area contributed by atoms with Gasteiger partial charge in [0.2, 0.25) is 5.91 Å². The predicted molar refractivity (Wildman–Crippen MR) is 83.4 cm³/mol. The highest BCUT2D eigenvalue weighted by atomic mass is 79.9. The molecular weight excluding hydrogens is 322 g/mol. The van der Waals surface area contributed by atoms with Crippen LogP contribution >= 0.6 is 15.9 Å². The molecule has 0 radical (unpaired) electrons. The lowest BCUT2D eigenvalue weighted by Gasteiger charge is -2.23. The Labute approximate surface area is 127 Å². The van der Waals surface area contributed by atoms with Gasteiger partial charge in [-0.3, -0.25) is 9.59 Å². The van der Waals surface area contributed by atoms with Crippen molar-refractivity contribution in [1.82, 2.24) is 9.80 Å². The molecule has 0 unspecified atom stereocenters. The minimum absolute atomic E-state index is 0.0593. The lowest BCUT2D eigenvalue weighted by atomic mass is 10.2. The molecule has 0 atom stereocenters. The van der Waals surface area contributed by atoms with E-state index in [1.165, 1.54) is 4.90 Å². The standard InChI is InChI=1S/C14H20BrN3O2/c1-4-18(5-2)13(19)9-17(3)14(20)10-6-7-11(15)12(16)8-10/h6-8H,4-5,9,16H2,1-3H3. The number of carbonyl (C=O) groups excluding carboxylic acids is 2. The Morgan fingerprint density at radius 1 is 1.25 bits per heavy atom. The summed E-state index contributed by atoms with van der Waals surface area (Å²) in [6.07, 6.45) is 0. The highest BCUT2D eigenvalue weighted by Gasteiger charge is 2.18. The Hall–Kier alpha value is -1.56. The van der Waals surface area contributed by atoms with Gasteiger partial charge in [0.15, 0.2) is 0 Å². The summed E-state index contributed by atoms with van der Waals surface area (Å²) in [6, 6.07) is 5.01. The predicted octanol–water partition coefficient (Wildman–Crippen LogP) is 1.97. The first-order valence-electron chi connectivity index (χ1n) is 6.48. The number of benzene rings is 1. The highest BCUT2D eigenvalue weighted by molar-refractivity contribution is 9.10. The Morgan fingerprint density at radius 2 is 1.85 bits per heavy atom. The molecule has 110 valence electrons. The van der Waals surface area contributed by atoms with Gasteiger partial charge in [-0.2, -0.15) is 0 Å². The third kappa shape index (κ3) is 3.96. The largest absolute Gasteiger partial charge is 0.398 e. The number of halogens is 1. The molecule has 0 aliphatic carbocycles. The summed E-state index contributed by atoms with van der Waals surface area (Å²) in [6.45, 7) is 5.18. The molecule has 0 spiro atoms. The second-order valence-corrected chi connectivity index (χ2v) is 5.32. The third-order valence-corrected chi connectivity index (χ3v) is 3.80. The molecular formula is C14H20BrN3O2. The van der Waals surface area contributed by atoms with Crippen LogP contribution in [0.3, 0.4) is 0 Å². The van der Waals surface area contributed by atoms with Crippen molar-refractivity contribution in [3.63, 3.8) is 0 Å². The van der Waals surface area contributed by atoms with E-state index in [-0.39, 0.29) is 18.4 Å². The quantitative estimate of drug-likeness (QED) is 0.832. The van der Waals surface area contributed by atoms with Crippen LogP contribution in [0.1, 0.15) is 24.2 Å². The van der Waals surface area contributed by atoms with Gasteiger partial charge in [-0.15, -0.1) is 0 Å². The van der Waals surface area contributed by atoms with Gasteiger partial charge in [0.1, 0.15) is 0 Å². The average Bonchev–Trinajstić information content (AvgIpc) is 2.42. The van der Waals surface area contributed by atoms with E-state index in [4.69, 9.17) is 5.73 Å². The minimum Gasteiger partial charge on any atom is -0.398 e. The lowest BCUT2D eigenvalue weighted by Crippen LogP contribution is -2.41. The van der Waals surface area contributed by atoms with Gasteiger partial charge in [0, 0.05) is 35.9 Å². The fourth-order valence-corrected chi connectivity index (χ4v) is 2.09. The zero-order valence-corrected chi connectivity index (χ0v) is 13.6. The van der Waals surface area contributed by atoms with E-state index in [1.807, 2.05) is 13.8 Å². The molecule has 1 aromatic rings. The monoisotopic (exact) mass is 341 g/mol. The number of anilines is 1. The first-order chi connectivity index (χ1) is 9.40. The zero-order valence-electron chi connectivity index (χ0n) is 12.0. The van der Waals surface area contributed by atoms with Gasteiger partial charge < -0.3 is 15.5 Å². The summed E-state index contributed by atoms with van der Waals surface area (Å²) in [5.74, 6) is -0.277. The van der Waals surface area contributed by atoms with Crippen molar-refractivity contribution >= 4 is 33.4 Å². The molecule has 0 heterocycles. The SMILES string of the molecule is CCN(CC)C(=O)CN(C)C(=O)c1ccc(Br)c(N)c1. The number of carbonyl (C=O) groups is 2. The number of nitrogens with zero attached hydrogens (tertiary/aromatic N) is 2. The first kappa shape index (κ1) is 16.5. The fraction of sp³-hybridized carbons (Fsp3) is 0.429. The van der Waals surface area contributed by atoms with Crippen LogP contribution in [-0.4, -0.2) is 48.3 Å². The maximum absolute atomic E-state index is 12.2. The summed E-state index contributed by atoms with van der Waals surface area (Å²) in [5, 5.41) is 0. The van der Waals surface area contributed by atoms with Gasteiger partial charge in [-0.25, -0.2) is 0 Å². The Bertz CT molecular complexity index is 501. The maximum atomic E-state index is 12.2. The summed E-state index contributed by atoms with van der Waals surface area (Å²) in [4.78, 5) is 27.3. The number of amides is 2. The molecule has 2 N–H and O–H groups in total. The van der Waals surface area contributed by atoms with E-state index in [0.717, 1.165) is 4.47 Å². The van der Waals surface area contributed by atoms with E-state index in [2.05, 4.69) is 15.9 Å². The minimum atomic E-state index is -0.218. The van der Waals surface area contributed by atoms with Crippen LogP contribution in [0, 0.1) is 0 Å². The number of likely N-dealkylation sites (N-methyl/N-ethyl adjacent to an activating group) is 2. The van der Waals surface area contributed by atoms with Gasteiger partial charge in [0.25, 0.3) is 5.91 Å². The maximum Gasteiger partial charge on any atom is 0.254 e. The molecule has 0 saturated carbocycles. The first-order valence-corrected chi connectivity index (χ1v) is 7.28. The fourth-order valence-electron chi connectivity index (χ4n) is 1.85. The Morgan fingerprint density at radius 3 is 2.35 bits per heavy atom. The highest BCUT2D eigenvalue weighted by Crippen LogP contribution is 2.20. The summed E-state index contributed by atoms with van der Waals surface area (Å²) < 4.78 is 0.746. The van der Waals surface area contributed by atoms with Crippen molar-refractivity contribution in [3.8, 4) is 0 Å². The molecule has 2 amide bonds. The molecule has 20 heavy (non-hydrogen) atoms. The number of rotatable bonds is 5. The van der Waals surface area contributed by atoms with E-state index in [9.17, 15) is 9.59 Å².